The third kappa shape index (κ3) is 3.25. The van der Waals surface area contributed by atoms with Crippen LogP contribution in [0.5, 0.6) is 0 Å². The van der Waals surface area contributed by atoms with E-state index in [9.17, 15) is 4.79 Å². The number of carbonyl (C=O) groups is 1. The summed E-state index contributed by atoms with van der Waals surface area (Å²) in [4.78, 5) is 14.8. The summed E-state index contributed by atoms with van der Waals surface area (Å²) in [6.45, 7) is 3.61. The monoisotopic (exact) mass is 427 g/mol. The number of thiophene rings is 1. The van der Waals surface area contributed by atoms with Gasteiger partial charge >= 0.3 is 0 Å². The molecular formula is C16H15Br2NOS. The summed E-state index contributed by atoms with van der Waals surface area (Å²) in [6.07, 6.45) is 1.09. The number of halogens is 2. The topological polar surface area (TPSA) is 20.3 Å². The molecule has 0 spiro atoms. The number of ketones is 1. The third-order valence-electron chi connectivity index (χ3n) is 3.72. The molecule has 0 saturated carbocycles. The van der Waals surface area contributed by atoms with Crippen molar-refractivity contribution in [2.75, 3.05) is 18.0 Å². The standard InChI is InChI=1S/C16H15Br2NOS/c1-10-6-11-4-2-3-5-13(11)19(8-10)9-14(20)12-7-15(17)21-16(12)18/h2-5,7,10H,6,8-9H2,1H3. The van der Waals surface area contributed by atoms with E-state index in [1.165, 1.54) is 22.6 Å². The largest absolute Gasteiger partial charge is 0.363 e. The van der Waals surface area contributed by atoms with Crippen molar-refractivity contribution in [3.05, 3.63) is 49.0 Å². The number of nitrogens with zero attached hydrogens (tertiary/aromatic N) is 1. The molecule has 0 aliphatic carbocycles. The van der Waals surface area contributed by atoms with Crippen LogP contribution in [0.25, 0.3) is 0 Å². The maximum absolute atomic E-state index is 12.6. The van der Waals surface area contributed by atoms with Crippen molar-refractivity contribution >= 4 is 54.7 Å². The van der Waals surface area contributed by atoms with Gasteiger partial charge in [-0.15, -0.1) is 11.3 Å². The van der Waals surface area contributed by atoms with Crippen molar-refractivity contribution in [2.45, 2.75) is 13.3 Å². The lowest BCUT2D eigenvalue weighted by Crippen LogP contribution is -2.38. The molecule has 1 aliphatic rings. The number of hydrogen-bond acceptors (Lipinski definition) is 3. The molecule has 2 aromatic rings. The molecule has 1 aromatic carbocycles. The van der Waals surface area contributed by atoms with E-state index in [1.807, 2.05) is 12.1 Å². The highest BCUT2D eigenvalue weighted by Gasteiger charge is 2.24. The molecule has 2 nitrogen and oxygen atoms in total. The Morgan fingerprint density at radius 3 is 2.86 bits per heavy atom. The van der Waals surface area contributed by atoms with E-state index >= 15 is 0 Å². The molecule has 110 valence electrons. The lowest BCUT2D eigenvalue weighted by atomic mass is 9.93. The molecule has 0 bridgehead atoms. The molecule has 5 heteroatoms. The van der Waals surface area contributed by atoms with Gasteiger partial charge in [-0.3, -0.25) is 4.79 Å². The van der Waals surface area contributed by atoms with Crippen LogP contribution in [0.1, 0.15) is 22.8 Å². The van der Waals surface area contributed by atoms with E-state index < -0.39 is 0 Å². The van der Waals surface area contributed by atoms with Crippen LogP contribution >= 0.6 is 43.2 Å². The number of fused-ring (bicyclic) bond motifs is 1. The van der Waals surface area contributed by atoms with Gasteiger partial charge < -0.3 is 4.90 Å². The molecule has 0 amide bonds. The first-order chi connectivity index (χ1) is 10.0. The quantitative estimate of drug-likeness (QED) is 0.629. The van der Waals surface area contributed by atoms with Gasteiger partial charge in [0.2, 0.25) is 0 Å². The minimum Gasteiger partial charge on any atom is -0.363 e. The number of anilines is 1. The molecule has 0 radical (unpaired) electrons. The summed E-state index contributed by atoms with van der Waals surface area (Å²) in [5.74, 6) is 0.734. The Bertz CT molecular complexity index is 683. The van der Waals surface area contributed by atoms with Crippen molar-refractivity contribution in [1.82, 2.24) is 0 Å². The summed E-state index contributed by atoms with van der Waals surface area (Å²) in [7, 11) is 0. The maximum atomic E-state index is 12.6. The zero-order valence-corrected chi connectivity index (χ0v) is 15.6. The Morgan fingerprint density at radius 2 is 2.14 bits per heavy atom. The first-order valence-corrected chi connectivity index (χ1v) is 9.25. The minimum atomic E-state index is 0.160. The van der Waals surface area contributed by atoms with Crippen LogP contribution in [-0.2, 0) is 6.42 Å². The van der Waals surface area contributed by atoms with Gasteiger partial charge in [0, 0.05) is 17.8 Å². The number of benzene rings is 1. The second-order valence-corrected chi connectivity index (χ2v) is 9.23. The van der Waals surface area contributed by atoms with Crippen LogP contribution in [0, 0.1) is 5.92 Å². The fourth-order valence-corrected chi connectivity index (χ4v) is 5.70. The summed E-state index contributed by atoms with van der Waals surface area (Å²) in [5.41, 5.74) is 3.31. The molecular weight excluding hydrogens is 414 g/mol. The molecule has 2 heterocycles. The first-order valence-electron chi connectivity index (χ1n) is 6.85. The molecule has 3 rings (SSSR count). The number of hydrogen-bond donors (Lipinski definition) is 0. The van der Waals surface area contributed by atoms with Gasteiger partial charge in [-0.05, 0) is 61.9 Å². The van der Waals surface area contributed by atoms with Gasteiger partial charge in [-0.25, -0.2) is 0 Å². The lowest BCUT2D eigenvalue weighted by Gasteiger charge is -2.34. The zero-order valence-electron chi connectivity index (χ0n) is 11.6. The smallest absolute Gasteiger partial charge is 0.184 e. The number of rotatable bonds is 3. The average Bonchev–Trinajstić information content (AvgIpc) is 2.77. The molecule has 1 aliphatic heterocycles. The summed E-state index contributed by atoms with van der Waals surface area (Å²) in [6, 6.07) is 10.3. The number of para-hydroxylation sites is 1. The number of carbonyl (C=O) groups excluding carboxylic acids is 1. The average molecular weight is 429 g/mol. The fourth-order valence-electron chi connectivity index (χ4n) is 2.85. The molecule has 1 atom stereocenters. The summed E-state index contributed by atoms with van der Waals surface area (Å²) in [5, 5.41) is 0. The van der Waals surface area contributed by atoms with E-state index in [2.05, 4.69) is 61.9 Å². The predicted molar refractivity (Wildman–Crippen MR) is 95.6 cm³/mol. The van der Waals surface area contributed by atoms with Crippen LogP contribution in [0.4, 0.5) is 5.69 Å². The minimum absolute atomic E-state index is 0.160. The van der Waals surface area contributed by atoms with E-state index in [0.29, 0.717) is 12.5 Å². The van der Waals surface area contributed by atoms with Gasteiger partial charge in [-0.1, -0.05) is 25.1 Å². The lowest BCUT2D eigenvalue weighted by molar-refractivity contribution is 0.0997. The SMILES string of the molecule is CC1Cc2ccccc2N(CC(=O)c2cc(Br)sc2Br)C1. The fraction of sp³-hybridized carbons (Fsp3) is 0.312. The van der Waals surface area contributed by atoms with Crippen molar-refractivity contribution in [3.8, 4) is 0 Å². The van der Waals surface area contributed by atoms with Crippen molar-refractivity contribution in [3.63, 3.8) is 0 Å². The summed E-state index contributed by atoms with van der Waals surface area (Å²) < 4.78 is 1.88. The van der Waals surface area contributed by atoms with Crippen LogP contribution in [-0.4, -0.2) is 18.9 Å². The van der Waals surface area contributed by atoms with Crippen molar-refractivity contribution < 1.29 is 4.79 Å². The maximum Gasteiger partial charge on any atom is 0.184 e. The first kappa shape index (κ1) is 15.3. The highest BCUT2D eigenvalue weighted by Crippen LogP contribution is 2.33. The Balaban J connectivity index is 1.85. The summed E-state index contributed by atoms with van der Waals surface area (Å²) >= 11 is 8.45. The van der Waals surface area contributed by atoms with Crippen LogP contribution < -0.4 is 4.90 Å². The Hall–Kier alpha value is -0.650. The van der Waals surface area contributed by atoms with E-state index in [0.717, 1.165) is 26.1 Å². The van der Waals surface area contributed by atoms with Gasteiger partial charge in [-0.2, -0.15) is 0 Å². The van der Waals surface area contributed by atoms with Crippen molar-refractivity contribution in [1.29, 1.82) is 0 Å². The highest BCUT2D eigenvalue weighted by atomic mass is 79.9. The van der Waals surface area contributed by atoms with Crippen molar-refractivity contribution in [2.24, 2.45) is 5.92 Å². The van der Waals surface area contributed by atoms with E-state index in [4.69, 9.17) is 0 Å². The second kappa shape index (κ2) is 6.23. The second-order valence-electron chi connectivity index (χ2n) is 5.48. The van der Waals surface area contributed by atoms with Crippen LogP contribution in [0.3, 0.4) is 0 Å². The zero-order chi connectivity index (χ0) is 15.0. The normalized spacial score (nSPS) is 17.7. The molecule has 0 fully saturated rings. The Morgan fingerprint density at radius 1 is 1.38 bits per heavy atom. The van der Waals surface area contributed by atoms with Crippen LogP contribution in [0.2, 0.25) is 0 Å². The van der Waals surface area contributed by atoms with E-state index in [1.54, 1.807) is 0 Å². The van der Waals surface area contributed by atoms with Gasteiger partial charge in [0.05, 0.1) is 14.1 Å². The molecule has 1 unspecified atom stereocenters. The highest BCUT2D eigenvalue weighted by molar-refractivity contribution is 9.12. The van der Waals surface area contributed by atoms with E-state index in [-0.39, 0.29) is 5.78 Å². The molecule has 0 saturated heterocycles. The Labute approximate surface area is 145 Å². The number of Topliss-reactive ketones (excluding diaryl/α,β-unsaturated/α-hetero) is 1. The Kier molecular flexibility index (Phi) is 4.52. The van der Waals surface area contributed by atoms with Gasteiger partial charge in [0.25, 0.3) is 0 Å². The van der Waals surface area contributed by atoms with Crippen LogP contribution in [0.15, 0.2) is 37.9 Å². The molecule has 1 aromatic heterocycles. The predicted octanol–water partition coefficient (Wildman–Crippen LogP) is 5.15. The third-order valence-corrected chi connectivity index (χ3v) is 6.06. The molecule has 21 heavy (non-hydrogen) atoms. The van der Waals surface area contributed by atoms with Gasteiger partial charge in [0.1, 0.15) is 0 Å². The molecule has 0 N–H and O–H groups in total. The van der Waals surface area contributed by atoms with Gasteiger partial charge in [0.15, 0.2) is 5.78 Å².